The van der Waals surface area contributed by atoms with Crippen LogP contribution in [0.1, 0.15) is 28.4 Å². The molecule has 2 heterocycles. The van der Waals surface area contributed by atoms with Crippen molar-refractivity contribution in [3.63, 3.8) is 0 Å². The number of hydrogen-bond donors (Lipinski definition) is 1. The van der Waals surface area contributed by atoms with Crippen molar-refractivity contribution in [3.8, 4) is 6.07 Å². The molecule has 0 fully saturated rings. The first-order valence-corrected chi connectivity index (χ1v) is 8.47. The lowest BCUT2D eigenvalue weighted by atomic mass is 10.1. The Morgan fingerprint density at radius 1 is 1.50 bits per heavy atom. The highest BCUT2D eigenvalue weighted by Gasteiger charge is 2.45. The van der Waals surface area contributed by atoms with Crippen LogP contribution in [0.25, 0.3) is 0 Å². The van der Waals surface area contributed by atoms with E-state index in [0.717, 1.165) is 4.31 Å². The fourth-order valence-electron chi connectivity index (χ4n) is 2.79. The predicted octanol–water partition coefficient (Wildman–Crippen LogP) is 1.01. The van der Waals surface area contributed by atoms with Crippen LogP contribution in [-0.2, 0) is 26.1 Å². The van der Waals surface area contributed by atoms with E-state index < -0.39 is 22.0 Å². The SMILES string of the molecule is COC(=O)C1c2cn[nH]c2CN1S(=O)(=O)c1cccc(C)c1C#N. The first-order valence-electron chi connectivity index (χ1n) is 7.03. The molecule has 0 radical (unpaired) electrons. The summed E-state index contributed by atoms with van der Waals surface area (Å²) >= 11 is 0. The largest absolute Gasteiger partial charge is 0.468 e. The summed E-state index contributed by atoms with van der Waals surface area (Å²) in [4.78, 5) is 12.0. The number of nitrogens with zero attached hydrogens (tertiary/aromatic N) is 3. The fraction of sp³-hybridized carbons (Fsp3) is 0.267. The number of H-pyrrole nitrogens is 1. The van der Waals surface area contributed by atoms with Gasteiger partial charge in [-0.1, -0.05) is 12.1 Å². The van der Waals surface area contributed by atoms with E-state index in [-0.39, 0.29) is 17.0 Å². The third-order valence-corrected chi connectivity index (χ3v) is 5.86. The van der Waals surface area contributed by atoms with Crippen molar-refractivity contribution in [2.45, 2.75) is 24.4 Å². The van der Waals surface area contributed by atoms with Crippen molar-refractivity contribution in [3.05, 3.63) is 46.8 Å². The van der Waals surface area contributed by atoms with Gasteiger partial charge in [0.1, 0.15) is 11.0 Å². The van der Waals surface area contributed by atoms with Gasteiger partial charge in [-0.25, -0.2) is 13.2 Å². The number of ether oxygens (including phenoxy) is 1. The number of sulfonamides is 1. The smallest absolute Gasteiger partial charge is 0.328 e. The minimum atomic E-state index is -4.08. The van der Waals surface area contributed by atoms with Crippen molar-refractivity contribution in [1.29, 1.82) is 5.26 Å². The predicted molar refractivity (Wildman–Crippen MR) is 82.0 cm³/mol. The number of aromatic nitrogens is 2. The number of nitrogens with one attached hydrogen (secondary N) is 1. The Bertz CT molecular complexity index is 958. The summed E-state index contributed by atoms with van der Waals surface area (Å²) in [7, 11) is -2.89. The van der Waals surface area contributed by atoms with Crippen LogP contribution in [0.4, 0.5) is 0 Å². The average molecular weight is 346 g/mol. The Kier molecular flexibility index (Phi) is 3.87. The van der Waals surface area contributed by atoms with Crippen LogP contribution in [-0.4, -0.2) is 36.0 Å². The van der Waals surface area contributed by atoms with Crippen molar-refractivity contribution in [2.24, 2.45) is 0 Å². The number of nitriles is 1. The first kappa shape index (κ1) is 16.2. The number of hydrogen-bond acceptors (Lipinski definition) is 6. The number of aromatic amines is 1. The topological polar surface area (TPSA) is 116 Å². The second-order valence-corrected chi connectivity index (χ2v) is 7.20. The third kappa shape index (κ3) is 2.28. The molecule has 0 saturated heterocycles. The average Bonchev–Trinajstić information content (AvgIpc) is 3.14. The minimum Gasteiger partial charge on any atom is -0.468 e. The van der Waals surface area contributed by atoms with E-state index in [9.17, 15) is 18.5 Å². The molecule has 3 rings (SSSR count). The summed E-state index contributed by atoms with van der Waals surface area (Å²) in [5.41, 5.74) is 1.60. The number of carbonyl (C=O) groups is 1. The van der Waals surface area contributed by atoms with Gasteiger partial charge in [-0.05, 0) is 18.6 Å². The monoisotopic (exact) mass is 346 g/mol. The van der Waals surface area contributed by atoms with Crippen LogP contribution in [0.15, 0.2) is 29.3 Å². The van der Waals surface area contributed by atoms with Crippen LogP contribution in [0.3, 0.4) is 0 Å². The molecular weight excluding hydrogens is 332 g/mol. The molecule has 1 unspecified atom stereocenters. The highest BCUT2D eigenvalue weighted by Crippen LogP contribution is 2.38. The van der Waals surface area contributed by atoms with Gasteiger partial charge in [0.25, 0.3) is 0 Å². The van der Waals surface area contributed by atoms with Gasteiger partial charge < -0.3 is 4.74 Å². The van der Waals surface area contributed by atoms with E-state index in [1.807, 2.05) is 6.07 Å². The fourth-order valence-corrected chi connectivity index (χ4v) is 4.54. The molecule has 1 aromatic carbocycles. The van der Waals surface area contributed by atoms with Crippen LogP contribution < -0.4 is 0 Å². The lowest BCUT2D eigenvalue weighted by Crippen LogP contribution is -2.35. The van der Waals surface area contributed by atoms with Crippen molar-refractivity contribution in [2.75, 3.05) is 7.11 Å². The molecule has 1 aliphatic heterocycles. The molecule has 0 aliphatic carbocycles. The molecular formula is C15H14N4O4S. The molecule has 0 amide bonds. The number of methoxy groups -OCH3 is 1. The third-order valence-electron chi connectivity index (χ3n) is 4.01. The van der Waals surface area contributed by atoms with E-state index in [0.29, 0.717) is 16.8 Å². The summed E-state index contributed by atoms with van der Waals surface area (Å²) in [6, 6.07) is 5.38. The van der Waals surface area contributed by atoms with Gasteiger partial charge in [0.15, 0.2) is 6.04 Å². The van der Waals surface area contributed by atoms with Crippen molar-refractivity contribution in [1.82, 2.24) is 14.5 Å². The Labute approximate surface area is 138 Å². The van der Waals surface area contributed by atoms with Crippen LogP contribution >= 0.6 is 0 Å². The number of rotatable bonds is 3. The lowest BCUT2D eigenvalue weighted by molar-refractivity contribution is -0.145. The molecule has 2 aromatic rings. The maximum absolute atomic E-state index is 13.1. The zero-order valence-electron chi connectivity index (χ0n) is 13.0. The summed E-state index contributed by atoms with van der Waals surface area (Å²) in [6.07, 6.45) is 1.41. The summed E-state index contributed by atoms with van der Waals surface area (Å²) < 4.78 is 32.0. The van der Waals surface area contributed by atoms with Gasteiger partial charge in [0, 0.05) is 5.56 Å². The quantitative estimate of drug-likeness (QED) is 0.829. The zero-order chi connectivity index (χ0) is 17.5. The molecule has 1 N–H and O–H groups in total. The van der Waals surface area contributed by atoms with E-state index in [1.54, 1.807) is 19.1 Å². The van der Waals surface area contributed by atoms with Gasteiger partial charge in [0.05, 0.1) is 31.1 Å². The second-order valence-electron chi connectivity index (χ2n) is 5.34. The molecule has 8 nitrogen and oxygen atoms in total. The van der Waals surface area contributed by atoms with Gasteiger partial charge >= 0.3 is 5.97 Å². The van der Waals surface area contributed by atoms with E-state index in [2.05, 4.69) is 10.2 Å². The Morgan fingerprint density at radius 3 is 2.92 bits per heavy atom. The molecule has 0 saturated carbocycles. The Balaban J connectivity index is 2.14. The normalized spacial score (nSPS) is 17.3. The molecule has 1 aliphatic rings. The van der Waals surface area contributed by atoms with Gasteiger partial charge in [0.2, 0.25) is 10.0 Å². The number of carbonyl (C=O) groups excluding carboxylic acids is 1. The number of aryl methyl sites for hydroxylation is 1. The zero-order valence-corrected chi connectivity index (χ0v) is 13.8. The molecule has 1 atom stereocenters. The van der Waals surface area contributed by atoms with Crippen LogP contribution in [0, 0.1) is 18.3 Å². The minimum absolute atomic E-state index is 0.0454. The highest BCUT2D eigenvalue weighted by atomic mass is 32.2. The van der Waals surface area contributed by atoms with Crippen molar-refractivity contribution >= 4 is 16.0 Å². The van der Waals surface area contributed by atoms with Crippen molar-refractivity contribution < 1.29 is 17.9 Å². The maximum Gasteiger partial charge on any atom is 0.328 e. The standard InChI is InChI=1S/C15H14N4O4S/c1-9-4-3-5-13(10(9)6-16)24(21,22)19-8-12-11(7-17-18-12)14(19)15(20)23-2/h3-5,7,14H,8H2,1-2H3,(H,17,18). The van der Waals surface area contributed by atoms with Gasteiger partial charge in [-0.15, -0.1) is 0 Å². The summed E-state index contributed by atoms with van der Waals surface area (Å²) in [5.74, 6) is -0.704. The first-order chi connectivity index (χ1) is 11.4. The highest BCUT2D eigenvalue weighted by molar-refractivity contribution is 7.89. The molecule has 0 bridgehead atoms. The Morgan fingerprint density at radius 2 is 2.25 bits per heavy atom. The second kappa shape index (κ2) is 5.74. The summed E-state index contributed by atoms with van der Waals surface area (Å²) in [6.45, 7) is 1.61. The maximum atomic E-state index is 13.1. The van der Waals surface area contributed by atoms with E-state index in [4.69, 9.17) is 4.74 Å². The molecule has 124 valence electrons. The summed E-state index contributed by atoms with van der Waals surface area (Å²) in [5, 5.41) is 15.9. The molecule has 24 heavy (non-hydrogen) atoms. The Hall–Kier alpha value is -2.70. The van der Waals surface area contributed by atoms with Gasteiger partial charge in [-0.3, -0.25) is 5.10 Å². The number of fused-ring (bicyclic) bond motifs is 1. The van der Waals surface area contributed by atoms with E-state index >= 15 is 0 Å². The van der Waals surface area contributed by atoms with Crippen LogP contribution in [0.5, 0.6) is 0 Å². The van der Waals surface area contributed by atoms with E-state index in [1.165, 1.54) is 19.4 Å². The molecule has 9 heteroatoms. The van der Waals surface area contributed by atoms with Crippen LogP contribution in [0.2, 0.25) is 0 Å². The molecule has 1 aromatic heterocycles. The number of benzene rings is 1. The molecule has 0 spiro atoms. The van der Waals surface area contributed by atoms with Gasteiger partial charge in [-0.2, -0.15) is 14.7 Å². The lowest BCUT2D eigenvalue weighted by Gasteiger charge is -2.23. The number of esters is 1.